The molecule has 5 aliphatic carbocycles. The Balaban J connectivity index is 1.34. The summed E-state index contributed by atoms with van der Waals surface area (Å²) >= 11 is 0. The van der Waals surface area contributed by atoms with E-state index in [0.717, 1.165) is 18.8 Å². The van der Waals surface area contributed by atoms with Gasteiger partial charge < -0.3 is 5.32 Å². The Morgan fingerprint density at radius 1 is 0.897 bits per heavy atom. The monoisotopic (exact) mass is 385 g/mol. The Morgan fingerprint density at radius 2 is 1.48 bits per heavy atom. The number of benzene rings is 2. The van der Waals surface area contributed by atoms with Gasteiger partial charge in [-0.05, 0) is 64.7 Å². The van der Waals surface area contributed by atoms with Gasteiger partial charge in [0.2, 0.25) is 5.91 Å². The third kappa shape index (κ3) is 2.15. The van der Waals surface area contributed by atoms with E-state index in [2.05, 4.69) is 74.6 Å². The third-order valence-electron chi connectivity index (χ3n) is 9.75. The number of carbonyl (C=O) groups is 1. The van der Waals surface area contributed by atoms with E-state index < -0.39 is 0 Å². The van der Waals surface area contributed by atoms with Gasteiger partial charge in [0.05, 0.1) is 0 Å². The van der Waals surface area contributed by atoms with Crippen molar-refractivity contribution in [2.75, 3.05) is 0 Å². The van der Waals surface area contributed by atoms with Crippen molar-refractivity contribution in [1.29, 1.82) is 0 Å². The average Bonchev–Trinajstić information content (AvgIpc) is 3.07. The zero-order valence-electron chi connectivity index (χ0n) is 17.7. The molecule has 0 heterocycles. The minimum atomic E-state index is 0.0515. The van der Waals surface area contributed by atoms with E-state index in [1.165, 1.54) is 35.1 Å². The van der Waals surface area contributed by atoms with Crippen LogP contribution in [0.3, 0.4) is 0 Å². The molecule has 0 aromatic heterocycles. The van der Waals surface area contributed by atoms with E-state index in [1.807, 2.05) is 0 Å². The molecule has 150 valence electrons. The second kappa shape index (κ2) is 5.74. The van der Waals surface area contributed by atoms with Crippen molar-refractivity contribution in [1.82, 2.24) is 5.32 Å². The van der Waals surface area contributed by atoms with Crippen molar-refractivity contribution >= 4 is 5.91 Å². The fourth-order valence-electron chi connectivity index (χ4n) is 7.59. The van der Waals surface area contributed by atoms with Gasteiger partial charge >= 0.3 is 0 Å². The van der Waals surface area contributed by atoms with Gasteiger partial charge in [0.1, 0.15) is 0 Å². The number of fused-ring (bicyclic) bond motifs is 3. The fraction of sp³-hybridized carbons (Fsp3) is 0.519. The first-order chi connectivity index (χ1) is 13.9. The number of rotatable bonds is 2. The van der Waals surface area contributed by atoms with Crippen molar-refractivity contribution in [2.45, 2.75) is 64.3 Å². The Kier molecular flexibility index (Phi) is 3.51. The minimum Gasteiger partial charge on any atom is -0.353 e. The molecule has 5 aliphatic rings. The van der Waals surface area contributed by atoms with Crippen LogP contribution in [0.1, 0.15) is 80.5 Å². The Morgan fingerprint density at radius 3 is 2.00 bits per heavy atom. The normalized spacial score (nSPS) is 37.8. The predicted octanol–water partition coefficient (Wildman–Crippen LogP) is 5.61. The highest BCUT2D eigenvalue weighted by molar-refractivity contribution is 5.83. The first-order valence-electron chi connectivity index (χ1n) is 11.4. The van der Waals surface area contributed by atoms with E-state index in [4.69, 9.17) is 0 Å². The van der Waals surface area contributed by atoms with Crippen LogP contribution in [-0.4, -0.2) is 11.9 Å². The van der Waals surface area contributed by atoms with Gasteiger partial charge in [-0.25, -0.2) is 0 Å². The van der Waals surface area contributed by atoms with Crippen LogP contribution in [0, 0.1) is 22.7 Å². The largest absolute Gasteiger partial charge is 0.353 e. The molecule has 1 N–H and O–H groups in total. The molecule has 2 fully saturated rings. The lowest BCUT2D eigenvalue weighted by Gasteiger charge is -2.46. The molecule has 7 rings (SSSR count). The summed E-state index contributed by atoms with van der Waals surface area (Å²) in [7, 11) is 0. The summed E-state index contributed by atoms with van der Waals surface area (Å²) in [4.78, 5) is 13.7. The predicted molar refractivity (Wildman–Crippen MR) is 116 cm³/mol. The Labute approximate surface area is 174 Å². The molecular formula is C27H31NO. The lowest BCUT2D eigenvalue weighted by atomic mass is 9.59. The van der Waals surface area contributed by atoms with E-state index in [9.17, 15) is 4.79 Å². The van der Waals surface area contributed by atoms with Crippen LogP contribution >= 0.6 is 0 Å². The number of carbonyl (C=O) groups excluding carboxylic acids is 1. The first kappa shape index (κ1) is 17.7. The quantitative estimate of drug-likeness (QED) is 0.715. The zero-order chi connectivity index (χ0) is 20.0. The van der Waals surface area contributed by atoms with Crippen molar-refractivity contribution < 1.29 is 4.79 Å². The molecule has 29 heavy (non-hydrogen) atoms. The third-order valence-corrected chi connectivity index (χ3v) is 9.75. The molecular weight excluding hydrogens is 354 g/mol. The summed E-state index contributed by atoms with van der Waals surface area (Å²) in [6, 6.07) is 18.0. The van der Waals surface area contributed by atoms with Crippen LogP contribution in [0.4, 0.5) is 0 Å². The molecule has 4 atom stereocenters. The maximum absolute atomic E-state index is 13.7. The molecule has 0 aliphatic heterocycles. The minimum absolute atomic E-state index is 0.0515. The van der Waals surface area contributed by atoms with E-state index in [0.29, 0.717) is 23.3 Å². The summed E-state index contributed by atoms with van der Waals surface area (Å²) in [5.74, 6) is 1.65. The summed E-state index contributed by atoms with van der Waals surface area (Å²) < 4.78 is 0. The summed E-state index contributed by atoms with van der Waals surface area (Å²) in [5, 5.41) is 3.58. The topological polar surface area (TPSA) is 29.1 Å². The molecule has 1 amide bonds. The van der Waals surface area contributed by atoms with Crippen molar-refractivity contribution in [2.24, 2.45) is 22.7 Å². The SMILES string of the molecule is CC1(C)C2CCC1(C)C(NC(=O)C1CC3c4ccccc4C1c1ccccc13)C2. The first-order valence-corrected chi connectivity index (χ1v) is 11.4. The van der Waals surface area contributed by atoms with Crippen LogP contribution in [-0.2, 0) is 4.79 Å². The molecule has 2 aromatic rings. The maximum atomic E-state index is 13.7. The molecule has 4 bridgehead atoms. The van der Waals surface area contributed by atoms with Gasteiger partial charge in [0.15, 0.2) is 0 Å². The molecule has 0 radical (unpaired) electrons. The molecule has 2 aromatic carbocycles. The van der Waals surface area contributed by atoms with Crippen molar-refractivity contribution in [3.05, 3.63) is 70.8 Å². The van der Waals surface area contributed by atoms with E-state index in [-0.39, 0.29) is 17.3 Å². The lowest BCUT2D eigenvalue weighted by molar-refractivity contribution is -0.128. The van der Waals surface area contributed by atoms with Crippen molar-refractivity contribution in [3.8, 4) is 0 Å². The van der Waals surface area contributed by atoms with E-state index >= 15 is 0 Å². The maximum Gasteiger partial charge on any atom is 0.224 e. The second-order valence-electron chi connectivity index (χ2n) is 10.8. The van der Waals surface area contributed by atoms with Gasteiger partial charge in [-0.15, -0.1) is 0 Å². The molecule has 0 saturated heterocycles. The van der Waals surface area contributed by atoms with Crippen LogP contribution in [0.15, 0.2) is 48.5 Å². The van der Waals surface area contributed by atoms with Crippen LogP contribution < -0.4 is 5.32 Å². The molecule has 2 nitrogen and oxygen atoms in total. The Bertz CT molecular complexity index is 960. The molecule has 2 saturated carbocycles. The Hall–Kier alpha value is -2.09. The van der Waals surface area contributed by atoms with Gasteiger partial charge in [0, 0.05) is 23.8 Å². The molecule has 2 heteroatoms. The van der Waals surface area contributed by atoms with Crippen LogP contribution in [0.25, 0.3) is 0 Å². The summed E-state index contributed by atoms with van der Waals surface area (Å²) in [5.41, 5.74) is 6.19. The standard InChI is InChI=1S/C27H31NO/c1-26(2)16-12-13-27(26,3)23(14-16)28-25(29)22-15-21-17-8-4-6-10-19(17)24(22)20-11-7-5-9-18(20)21/h4-11,16,21-24H,12-15H2,1-3H3,(H,28,29). The van der Waals surface area contributed by atoms with Gasteiger partial charge in [-0.1, -0.05) is 69.3 Å². The van der Waals surface area contributed by atoms with Gasteiger partial charge in [-0.2, -0.15) is 0 Å². The number of hydrogen-bond acceptors (Lipinski definition) is 1. The molecule has 0 spiro atoms. The highest BCUT2D eigenvalue weighted by atomic mass is 16.2. The smallest absolute Gasteiger partial charge is 0.224 e. The highest BCUT2D eigenvalue weighted by Crippen LogP contribution is 2.65. The number of amides is 1. The highest BCUT2D eigenvalue weighted by Gasteiger charge is 2.62. The van der Waals surface area contributed by atoms with Crippen molar-refractivity contribution in [3.63, 3.8) is 0 Å². The summed E-state index contributed by atoms with van der Waals surface area (Å²) in [6.45, 7) is 7.26. The van der Waals surface area contributed by atoms with E-state index in [1.54, 1.807) is 0 Å². The average molecular weight is 386 g/mol. The zero-order valence-corrected chi connectivity index (χ0v) is 17.7. The second-order valence-corrected chi connectivity index (χ2v) is 10.8. The fourth-order valence-corrected chi connectivity index (χ4v) is 7.59. The molecule has 4 unspecified atom stereocenters. The van der Waals surface area contributed by atoms with Gasteiger partial charge in [0.25, 0.3) is 0 Å². The van der Waals surface area contributed by atoms with Crippen LogP contribution in [0.5, 0.6) is 0 Å². The lowest BCUT2D eigenvalue weighted by Crippen LogP contribution is -2.50. The summed E-state index contributed by atoms with van der Waals surface area (Å²) in [6.07, 6.45) is 4.67. The number of nitrogens with one attached hydrogen (secondary N) is 1. The van der Waals surface area contributed by atoms with Crippen LogP contribution in [0.2, 0.25) is 0 Å². The number of hydrogen-bond donors (Lipinski definition) is 1. The van der Waals surface area contributed by atoms with Gasteiger partial charge in [-0.3, -0.25) is 4.79 Å².